The van der Waals surface area contributed by atoms with Gasteiger partial charge in [-0.05, 0) is 31.2 Å². The highest BCUT2D eigenvalue weighted by Gasteiger charge is 2.06. The highest BCUT2D eigenvalue weighted by Crippen LogP contribution is 2.10. The molecule has 0 aliphatic rings. The molecule has 0 fully saturated rings. The van der Waals surface area contributed by atoms with E-state index in [1.165, 1.54) is 0 Å². The predicted octanol–water partition coefficient (Wildman–Crippen LogP) is 1.46. The second-order valence-electron chi connectivity index (χ2n) is 3.16. The Kier molecular flexibility index (Phi) is 4.74. The zero-order chi connectivity index (χ0) is 11.3. The molecule has 1 unspecified atom stereocenters. The number of halogens is 1. The van der Waals surface area contributed by atoms with Crippen LogP contribution < -0.4 is 11.2 Å². The average molecular weight is 273 g/mol. The van der Waals surface area contributed by atoms with Crippen LogP contribution >= 0.6 is 15.9 Å². The van der Waals surface area contributed by atoms with Crippen LogP contribution in [0.25, 0.3) is 0 Å². The molecule has 3 N–H and O–H groups in total. The van der Waals surface area contributed by atoms with Gasteiger partial charge in [0.1, 0.15) is 0 Å². The molecule has 0 saturated heterocycles. The van der Waals surface area contributed by atoms with E-state index in [-0.39, 0.29) is 12.0 Å². The summed E-state index contributed by atoms with van der Waals surface area (Å²) in [5.41, 5.74) is 0.613. The van der Waals surface area contributed by atoms with Crippen molar-refractivity contribution in [3.05, 3.63) is 34.3 Å². The van der Waals surface area contributed by atoms with Crippen LogP contribution in [0, 0.1) is 0 Å². The molecule has 0 aliphatic carbocycles. The van der Waals surface area contributed by atoms with Gasteiger partial charge < -0.3 is 5.32 Å². The minimum absolute atomic E-state index is 0.133. The highest BCUT2D eigenvalue weighted by molar-refractivity contribution is 9.10. The Morgan fingerprint density at radius 3 is 2.67 bits per heavy atom. The largest absolute Gasteiger partial charge is 0.349 e. The van der Waals surface area contributed by atoms with Gasteiger partial charge >= 0.3 is 0 Å². The van der Waals surface area contributed by atoms with E-state index in [4.69, 9.17) is 5.90 Å². The van der Waals surface area contributed by atoms with Gasteiger partial charge in [0.15, 0.2) is 0 Å². The van der Waals surface area contributed by atoms with Crippen LogP contribution in [0.2, 0.25) is 0 Å². The number of amides is 1. The zero-order valence-corrected chi connectivity index (χ0v) is 9.95. The summed E-state index contributed by atoms with van der Waals surface area (Å²) in [6.45, 7) is 2.17. The third-order valence-corrected chi connectivity index (χ3v) is 2.42. The van der Waals surface area contributed by atoms with Crippen LogP contribution in [0.15, 0.2) is 28.7 Å². The van der Waals surface area contributed by atoms with Crippen molar-refractivity contribution in [1.29, 1.82) is 0 Å². The summed E-state index contributed by atoms with van der Waals surface area (Å²) in [6.07, 6.45) is -0.190. The predicted molar refractivity (Wildman–Crippen MR) is 61.2 cm³/mol. The minimum atomic E-state index is -0.190. The van der Waals surface area contributed by atoms with Gasteiger partial charge in [0.05, 0.1) is 6.10 Å². The summed E-state index contributed by atoms with van der Waals surface area (Å²) in [5.74, 6) is 4.83. The first-order chi connectivity index (χ1) is 7.13. The van der Waals surface area contributed by atoms with E-state index in [9.17, 15) is 4.79 Å². The Morgan fingerprint density at radius 2 is 2.13 bits per heavy atom. The van der Waals surface area contributed by atoms with Crippen LogP contribution in [0.1, 0.15) is 17.3 Å². The minimum Gasteiger partial charge on any atom is -0.349 e. The van der Waals surface area contributed by atoms with Crippen LogP contribution in [0.5, 0.6) is 0 Å². The van der Waals surface area contributed by atoms with Gasteiger partial charge in [-0.15, -0.1) is 0 Å². The fraction of sp³-hybridized carbons (Fsp3) is 0.300. The standard InChI is InChI=1S/C10H13BrN2O2/c1-7(15-12)6-13-10(14)8-2-4-9(11)5-3-8/h2-5,7H,6,12H2,1H3,(H,13,14). The van der Waals surface area contributed by atoms with Gasteiger partial charge in [-0.25, -0.2) is 5.90 Å². The van der Waals surface area contributed by atoms with Crippen molar-refractivity contribution in [3.8, 4) is 0 Å². The van der Waals surface area contributed by atoms with Crippen molar-refractivity contribution in [2.75, 3.05) is 6.54 Å². The fourth-order valence-electron chi connectivity index (χ4n) is 0.988. The molecule has 0 spiro atoms. The molecule has 0 aliphatic heterocycles. The smallest absolute Gasteiger partial charge is 0.251 e. The molecular weight excluding hydrogens is 260 g/mol. The monoisotopic (exact) mass is 272 g/mol. The first kappa shape index (κ1) is 12.2. The number of rotatable bonds is 4. The summed E-state index contributed by atoms with van der Waals surface area (Å²) >= 11 is 3.30. The molecule has 5 heteroatoms. The van der Waals surface area contributed by atoms with E-state index < -0.39 is 0 Å². The van der Waals surface area contributed by atoms with Gasteiger partial charge in [-0.3, -0.25) is 9.63 Å². The summed E-state index contributed by atoms with van der Waals surface area (Å²) in [7, 11) is 0. The number of carbonyl (C=O) groups is 1. The van der Waals surface area contributed by atoms with Crippen molar-refractivity contribution in [1.82, 2.24) is 5.32 Å². The average Bonchev–Trinajstić information content (AvgIpc) is 2.26. The van der Waals surface area contributed by atoms with Gasteiger partial charge in [0.25, 0.3) is 5.91 Å². The van der Waals surface area contributed by atoms with E-state index in [1.54, 1.807) is 19.1 Å². The maximum atomic E-state index is 11.6. The maximum absolute atomic E-state index is 11.6. The molecule has 0 heterocycles. The number of benzene rings is 1. The third-order valence-electron chi connectivity index (χ3n) is 1.89. The number of hydrogen-bond donors (Lipinski definition) is 2. The van der Waals surface area contributed by atoms with Crippen LogP contribution in [-0.2, 0) is 4.84 Å². The first-order valence-corrected chi connectivity index (χ1v) is 5.32. The Labute approximate surface area is 96.9 Å². The van der Waals surface area contributed by atoms with E-state index in [2.05, 4.69) is 26.1 Å². The lowest BCUT2D eigenvalue weighted by Gasteiger charge is -2.09. The molecule has 1 rings (SSSR count). The fourth-order valence-corrected chi connectivity index (χ4v) is 1.25. The number of nitrogens with two attached hydrogens (primary N) is 1. The van der Waals surface area contributed by atoms with Crippen molar-refractivity contribution < 1.29 is 9.63 Å². The Balaban J connectivity index is 2.50. The molecule has 15 heavy (non-hydrogen) atoms. The van der Waals surface area contributed by atoms with Crippen molar-refractivity contribution in [2.24, 2.45) is 5.90 Å². The molecule has 4 nitrogen and oxygen atoms in total. The molecular formula is C10H13BrN2O2. The van der Waals surface area contributed by atoms with Crippen molar-refractivity contribution in [3.63, 3.8) is 0 Å². The molecule has 0 radical (unpaired) electrons. The maximum Gasteiger partial charge on any atom is 0.251 e. The highest BCUT2D eigenvalue weighted by atomic mass is 79.9. The Bertz CT molecular complexity index is 327. The molecule has 0 aromatic heterocycles. The van der Waals surface area contributed by atoms with Crippen LogP contribution in [0.4, 0.5) is 0 Å². The molecule has 0 saturated carbocycles. The van der Waals surface area contributed by atoms with Gasteiger partial charge in [-0.2, -0.15) is 0 Å². The van der Waals surface area contributed by atoms with E-state index in [0.29, 0.717) is 12.1 Å². The summed E-state index contributed by atoms with van der Waals surface area (Å²) < 4.78 is 0.942. The van der Waals surface area contributed by atoms with E-state index in [0.717, 1.165) is 4.47 Å². The molecule has 82 valence electrons. The second kappa shape index (κ2) is 5.85. The lowest BCUT2D eigenvalue weighted by atomic mass is 10.2. The SMILES string of the molecule is CC(CNC(=O)c1ccc(Br)cc1)ON. The van der Waals surface area contributed by atoms with Crippen LogP contribution in [-0.4, -0.2) is 18.6 Å². The van der Waals surface area contributed by atoms with Crippen molar-refractivity contribution in [2.45, 2.75) is 13.0 Å². The number of hydrogen-bond acceptors (Lipinski definition) is 3. The Hall–Kier alpha value is -0.910. The van der Waals surface area contributed by atoms with Gasteiger partial charge in [0.2, 0.25) is 0 Å². The molecule has 0 bridgehead atoms. The lowest BCUT2D eigenvalue weighted by molar-refractivity contribution is 0.0622. The van der Waals surface area contributed by atoms with Gasteiger partial charge in [-0.1, -0.05) is 15.9 Å². The Morgan fingerprint density at radius 1 is 1.53 bits per heavy atom. The number of carbonyl (C=O) groups excluding carboxylic acids is 1. The van der Waals surface area contributed by atoms with E-state index >= 15 is 0 Å². The summed E-state index contributed by atoms with van der Waals surface area (Å²) in [6, 6.07) is 7.12. The molecule has 1 aromatic rings. The molecule has 1 atom stereocenters. The normalized spacial score (nSPS) is 12.2. The third kappa shape index (κ3) is 3.99. The topological polar surface area (TPSA) is 64.3 Å². The number of nitrogens with one attached hydrogen (secondary N) is 1. The van der Waals surface area contributed by atoms with Gasteiger partial charge in [0, 0.05) is 16.6 Å². The molecule has 1 aromatic carbocycles. The van der Waals surface area contributed by atoms with Crippen molar-refractivity contribution >= 4 is 21.8 Å². The molecule has 1 amide bonds. The summed E-state index contributed by atoms with van der Waals surface area (Å²) in [4.78, 5) is 16.1. The summed E-state index contributed by atoms with van der Waals surface area (Å²) in [5, 5.41) is 2.71. The lowest BCUT2D eigenvalue weighted by Crippen LogP contribution is -2.33. The quantitative estimate of drug-likeness (QED) is 0.816. The van der Waals surface area contributed by atoms with E-state index in [1.807, 2.05) is 12.1 Å². The zero-order valence-electron chi connectivity index (χ0n) is 8.37. The first-order valence-electron chi connectivity index (χ1n) is 4.53. The van der Waals surface area contributed by atoms with Crippen LogP contribution in [0.3, 0.4) is 0 Å². The second-order valence-corrected chi connectivity index (χ2v) is 4.08.